The molecule has 1 fully saturated rings. The molecule has 0 bridgehead atoms. The predicted octanol–water partition coefficient (Wildman–Crippen LogP) is 0.961. The lowest BCUT2D eigenvalue weighted by atomic mass is 10.2. The Hall–Kier alpha value is -1.60. The molecule has 7 heteroatoms. The number of aromatic nitrogens is 1. The van der Waals surface area contributed by atoms with Gasteiger partial charge in [-0.1, -0.05) is 5.16 Å². The number of carbonyl (C=O) groups excluding carboxylic acids is 1. The molecule has 1 saturated heterocycles. The highest BCUT2D eigenvalue weighted by atomic mass is 16.5. The summed E-state index contributed by atoms with van der Waals surface area (Å²) < 4.78 is 10.2. The van der Waals surface area contributed by atoms with Gasteiger partial charge in [0.05, 0.1) is 12.1 Å². The van der Waals surface area contributed by atoms with Gasteiger partial charge in [-0.3, -0.25) is 0 Å². The van der Waals surface area contributed by atoms with E-state index in [1.165, 1.54) is 9.80 Å². The van der Waals surface area contributed by atoms with Crippen LogP contribution >= 0.6 is 0 Å². The lowest BCUT2D eigenvalue weighted by Crippen LogP contribution is -2.35. The molecule has 2 heterocycles. The van der Waals surface area contributed by atoms with E-state index in [4.69, 9.17) is 9.26 Å². The third kappa shape index (κ3) is 1.85. The molecule has 1 aliphatic heterocycles. The van der Waals surface area contributed by atoms with E-state index in [2.05, 4.69) is 5.16 Å². The number of carbonyl (C=O) groups is 1. The summed E-state index contributed by atoms with van der Waals surface area (Å²) in [5.74, 6) is 0.225. The molecule has 1 aliphatic rings. The van der Waals surface area contributed by atoms with E-state index >= 15 is 0 Å². The molecule has 0 aliphatic carbocycles. The Bertz CT molecular complexity index is 447. The fourth-order valence-corrected chi connectivity index (χ4v) is 1.80. The summed E-state index contributed by atoms with van der Waals surface area (Å²) in [6, 6.07) is 0.981. The second-order valence-corrected chi connectivity index (χ2v) is 4.39. The monoisotopic (exact) mass is 255 g/mol. The largest absolute Gasteiger partial charge is 0.375 e. The molecule has 0 aromatic carbocycles. The highest BCUT2D eigenvalue weighted by Gasteiger charge is 2.43. The van der Waals surface area contributed by atoms with Crippen LogP contribution in [0.3, 0.4) is 0 Å². The van der Waals surface area contributed by atoms with Crippen LogP contribution in [0.4, 0.5) is 10.7 Å². The van der Waals surface area contributed by atoms with Gasteiger partial charge in [0.1, 0.15) is 5.69 Å². The number of hydrogen-bond donors (Lipinski definition) is 1. The number of aliphatic hydroxyl groups is 1. The molecule has 3 atom stereocenters. The van der Waals surface area contributed by atoms with Crippen molar-refractivity contribution in [2.24, 2.45) is 0 Å². The second kappa shape index (κ2) is 4.58. The van der Waals surface area contributed by atoms with Crippen LogP contribution in [0.15, 0.2) is 10.6 Å². The highest BCUT2D eigenvalue weighted by molar-refractivity contribution is 5.93. The number of nitrogens with zero attached hydrogens (tertiary/aromatic N) is 3. The number of urea groups is 1. The zero-order valence-corrected chi connectivity index (χ0v) is 10.8. The molecule has 1 aromatic rings. The maximum absolute atomic E-state index is 11.9. The number of likely N-dealkylation sites (N-methyl/N-ethyl adjacent to an activating group) is 1. The van der Waals surface area contributed by atoms with Gasteiger partial charge in [-0.05, 0) is 13.8 Å². The Kier molecular flexibility index (Phi) is 3.27. The van der Waals surface area contributed by atoms with Crippen LogP contribution < -0.4 is 4.90 Å². The van der Waals surface area contributed by atoms with Crippen molar-refractivity contribution in [2.75, 3.05) is 19.1 Å². The standard InChI is InChI=1S/C11H17N3O4/c1-6-10(15)14(11(16)13(6)3)9-5-8(12-18-9)7(2)17-4/h5-7,10,15H,1-4H3. The lowest BCUT2D eigenvalue weighted by molar-refractivity contribution is 0.112. The van der Waals surface area contributed by atoms with Gasteiger partial charge in [-0.2, -0.15) is 0 Å². The first kappa shape index (κ1) is 12.8. The molecule has 100 valence electrons. The highest BCUT2D eigenvalue weighted by Crippen LogP contribution is 2.29. The van der Waals surface area contributed by atoms with E-state index in [9.17, 15) is 9.90 Å². The van der Waals surface area contributed by atoms with Crippen molar-refractivity contribution in [3.05, 3.63) is 11.8 Å². The zero-order valence-electron chi connectivity index (χ0n) is 10.8. The van der Waals surface area contributed by atoms with E-state index in [1.807, 2.05) is 6.92 Å². The minimum Gasteiger partial charge on any atom is -0.375 e. The van der Waals surface area contributed by atoms with Gasteiger partial charge < -0.3 is 19.3 Å². The number of methoxy groups -OCH3 is 1. The van der Waals surface area contributed by atoms with Crippen LogP contribution in [0.5, 0.6) is 0 Å². The maximum atomic E-state index is 11.9. The Morgan fingerprint density at radius 1 is 1.61 bits per heavy atom. The SMILES string of the molecule is COC(C)c1cc(N2C(=O)N(C)C(C)C2O)on1. The average Bonchev–Trinajstić information content (AvgIpc) is 2.90. The fourth-order valence-electron chi connectivity index (χ4n) is 1.80. The van der Waals surface area contributed by atoms with Gasteiger partial charge in [0.15, 0.2) is 6.23 Å². The number of anilines is 1. The molecule has 2 amide bonds. The first-order chi connectivity index (χ1) is 8.47. The fraction of sp³-hybridized carbons (Fsp3) is 0.636. The molecule has 3 unspecified atom stereocenters. The predicted molar refractivity (Wildman–Crippen MR) is 63.0 cm³/mol. The Morgan fingerprint density at radius 3 is 2.78 bits per heavy atom. The first-order valence-electron chi connectivity index (χ1n) is 5.71. The molecule has 0 radical (unpaired) electrons. The van der Waals surface area contributed by atoms with Gasteiger partial charge in [0, 0.05) is 20.2 Å². The Labute approximate surface area is 105 Å². The first-order valence-corrected chi connectivity index (χ1v) is 5.71. The molecular weight excluding hydrogens is 238 g/mol. The van der Waals surface area contributed by atoms with Crippen molar-refractivity contribution in [1.82, 2.24) is 10.1 Å². The van der Waals surface area contributed by atoms with Crippen LogP contribution in [0.2, 0.25) is 0 Å². The quantitative estimate of drug-likeness (QED) is 0.870. The van der Waals surface area contributed by atoms with E-state index in [1.54, 1.807) is 27.1 Å². The van der Waals surface area contributed by atoms with Gasteiger partial charge in [-0.15, -0.1) is 0 Å². The summed E-state index contributed by atoms with van der Waals surface area (Å²) >= 11 is 0. The molecular formula is C11H17N3O4. The lowest BCUT2D eigenvalue weighted by Gasteiger charge is -2.15. The van der Waals surface area contributed by atoms with Crippen molar-refractivity contribution in [2.45, 2.75) is 32.2 Å². The maximum Gasteiger partial charge on any atom is 0.329 e. The number of ether oxygens (including phenoxy) is 1. The minimum absolute atomic E-state index is 0.225. The van der Waals surface area contributed by atoms with Gasteiger partial charge in [0.2, 0.25) is 5.88 Å². The number of aliphatic hydroxyl groups excluding tert-OH is 1. The molecule has 1 N–H and O–H groups in total. The van der Waals surface area contributed by atoms with Crippen LogP contribution in [-0.4, -0.2) is 47.6 Å². The number of amides is 2. The van der Waals surface area contributed by atoms with Crippen LogP contribution in [0.25, 0.3) is 0 Å². The topological polar surface area (TPSA) is 79.0 Å². The van der Waals surface area contributed by atoms with E-state index in [-0.39, 0.29) is 24.1 Å². The summed E-state index contributed by atoms with van der Waals surface area (Å²) in [4.78, 5) is 14.6. The second-order valence-electron chi connectivity index (χ2n) is 4.39. The van der Waals surface area contributed by atoms with Gasteiger partial charge in [0.25, 0.3) is 0 Å². The minimum atomic E-state index is -0.943. The molecule has 7 nitrogen and oxygen atoms in total. The molecule has 2 rings (SSSR count). The normalized spacial score (nSPS) is 25.9. The zero-order chi connectivity index (χ0) is 13.4. The van der Waals surface area contributed by atoms with Crippen LogP contribution in [-0.2, 0) is 4.74 Å². The number of rotatable bonds is 3. The van der Waals surface area contributed by atoms with Crippen molar-refractivity contribution in [3.63, 3.8) is 0 Å². The van der Waals surface area contributed by atoms with E-state index in [0.29, 0.717) is 5.69 Å². The summed E-state index contributed by atoms with van der Waals surface area (Å²) in [6.45, 7) is 3.58. The van der Waals surface area contributed by atoms with Crippen LogP contribution in [0.1, 0.15) is 25.6 Å². The third-order valence-corrected chi connectivity index (χ3v) is 3.34. The smallest absolute Gasteiger partial charge is 0.329 e. The molecule has 0 saturated carbocycles. The van der Waals surface area contributed by atoms with Crippen molar-refractivity contribution >= 4 is 11.9 Å². The number of hydrogen-bond acceptors (Lipinski definition) is 5. The molecule has 1 aromatic heterocycles. The summed E-state index contributed by atoms with van der Waals surface area (Å²) in [5.41, 5.74) is 0.578. The van der Waals surface area contributed by atoms with E-state index < -0.39 is 6.23 Å². The molecule has 18 heavy (non-hydrogen) atoms. The van der Waals surface area contributed by atoms with E-state index in [0.717, 1.165) is 0 Å². The van der Waals surface area contributed by atoms with Crippen molar-refractivity contribution in [1.29, 1.82) is 0 Å². The Balaban J connectivity index is 2.27. The molecule has 0 spiro atoms. The third-order valence-electron chi connectivity index (χ3n) is 3.34. The van der Waals surface area contributed by atoms with Crippen molar-refractivity contribution < 1.29 is 19.2 Å². The van der Waals surface area contributed by atoms with Gasteiger partial charge in [-0.25, -0.2) is 9.69 Å². The Morgan fingerprint density at radius 2 is 2.28 bits per heavy atom. The van der Waals surface area contributed by atoms with Crippen molar-refractivity contribution in [3.8, 4) is 0 Å². The van der Waals surface area contributed by atoms with Crippen LogP contribution in [0, 0.1) is 0 Å². The average molecular weight is 255 g/mol. The summed E-state index contributed by atoms with van der Waals surface area (Å²) in [5, 5.41) is 13.8. The van der Waals surface area contributed by atoms with Gasteiger partial charge >= 0.3 is 6.03 Å². The summed E-state index contributed by atoms with van der Waals surface area (Å²) in [6.07, 6.45) is -1.17. The summed E-state index contributed by atoms with van der Waals surface area (Å²) in [7, 11) is 3.19.